The van der Waals surface area contributed by atoms with Gasteiger partial charge in [-0.3, -0.25) is 4.79 Å². The lowest BCUT2D eigenvalue weighted by Gasteiger charge is -2.21. The number of carbonyl (C=O) groups is 1. The van der Waals surface area contributed by atoms with E-state index in [1.807, 2.05) is 0 Å². The third-order valence-electron chi connectivity index (χ3n) is 2.86. The van der Waals surface area contributed by atoms with Gasteiger partial charge in [0.25, 0.3) is 0 Å². The summed E-state index contributed by atoms with van der Waals surface area (Å²) in [6.45, 7) is -0.290. The van der Waals surface area contributed by atoms with E-state index in [-0.39, 0.29) is 5.91 Å². The lowest BCUT2D eigenvalue weighted by atomic mass is 10.1. The van der Waals surface area contributed by atoms with Crippen LogP contribution in [-0.4, -0.2) is 24.2 Å². The predicted molar refractivity (Wildman–Crippen MR) is 64.0 cm³/mol. The van der Waals surface area contributed by atoms with E-state index >= 15 is 0 Å². The number of alkyl halides is 1. The summed E-state index contributed by atoms with van der Waals surface area (Å²) < 4.78 is 12.6. The third-order valence-corrected chi connectivity index (χ3v) is 3.10. The van der Waals surface area contributed by atoms with Gasteiger partial charge in [-0.2, -0.15) is 0 Å². The van der Waals surface area contributed by atoms with Gasteiger partial charge in [0.1, 0.15) is 12.8 Å². The molecule has 1 aliphatic heterocycles. The van der Waals surface area contributed by atoms with Gasteiger partial charge in [-0.05, 0) is 18.6 Å². The lowest BCUT2D eigenvalue weighted by molar-refractivity contribution is -0.117. The Morgan fingerprint density at radius 2 is 2.29 bits per heavy atom. The molecule has 0 spiro atoms. The van der Waals surface area contributed by atoms with Gasteiger partial charge in [0.15, 0.2) is 0 Å². The molecule has 1 amide bonds. The van der Waals surface area contributed by atoms with E-state index in [0.717, 1.165) is 6.42 Å². The molecular formula is C12H13ClFNO2. The number of benzene rings is 1. The molecule has 0 saturated carbocycles. The topological polar surface area (TPSA) is 40.5 Å². The van der Waals surface area contributed by atoms with Gasteiger partial charge in [-0.1, -0.05) is 17.7 Å². The summed E-state index contributed by atoms with van der Waals surface area (Å²) in [5.41, 5.74) is 0.928. The van der Waals surface area contributed by atoms with Gasteiger partial charge in [0.2, 0.25) is 5.91 Å². The molecule has 0 radical (unpaired) electrons. The lowest BCUT2D eigenvalue weighted by Crippen LogP contribution is -2.25. The predicted octanol–water partition coefficient (Wildman–Crippen LogP) is 2.47. The molecule has 1 saturated heterocycles. The van der Waals surface area contributed by atoms with Crippen LogP contribution in [-0.2, 0) is 4.79 Å². The first-order valence-electron chi connectivity index (χ1n) is 5.47. The number of aliphatic hydroxyl groups excluding tert-OH is 1. The Bertz CT molecular complexity index is 439. The number of amides is 1. The maximum Gasteiger partial charge on any atom is 0.227 e. The summed E-state index contributed by atoms with van der Waals surface area (Å²) in [5, 5.41) is 10.1. The van der Waals surface area contributed by atoms with E-state index in [1.54, 1.807) is 23.1 Å². The minimum absolute atomic E-state index is 0.0143. The molecule has 92 valence electrons. The maximum absolute atomic E-state index is 12.6. The Hall–Kier alpha value is -1.13. The molecule has 1 N–H and O–H groups in total. The van der Waals surface area contributed by atoms with Crippen LogP contribution >= 0.6 is 11.6 Å². The summed E-state index contributed by atoms with van der Waals surface area (Å²) in [6, 6.07) is 4.74. The van der Waals surface area contributed by atoms with Crippen molar-refractivity contribution in [2.45, 2.75) is 18.9 Å². The standard InChI is InChI=1S/C12H13ClFNO2/c13-8-3-4-9(11(16)7-14)10(6-8)15-5-1-2-12(15)17/h3-4,6,11,16H,1-2,5,7H2/t11-/m0/s1. The van der Waals surface area contributed by atoms with Crippen LogP contribution in [0.1, 0.15) is 24.5 Å². The molecule has 1 atom stereocenters. The first-order chi connectivity index (χ1) is 8.13. The molecule has 1 aliphatic rings. The van der Waals surface area contributed by atoms with Crippen molar-refractivity contribution in [2.75, 3.05) is 18.1 Å². The quantitative estimate of drug-likeness (QED) is 0.904. The molecule has 0 bridgehead atoms. The highest BCUT2D eigenvalue weighted by Crippen LogP contribution is 2.32. The van der Waals surface area contributed by atoms with Crippen molar-refractivity contribution in [1.29, 1.82) is 0 Å². The van der Waals surface area contributed by atoms with Crippen molar-refractivity contribution in [3.05, 3.63) is 28.8 Å². The second-order valence-electron chi connectivity index (χ2n) is 4.02. The highest BCUT2D eigenvalue weighted by atomic mass is 35.5. The summed E-state index contributed by atoms with van der Waals surface area (Å²) in [4.78, 5) is 13.2. The van der Waals surface area contributed by atoms with Crippen LogP contribution < -0.4 is 4.90 Å². The van der Waals surface area contributed by atoms with Gasteiger partial charge < -0.3 is 10.0 Å². The maximum atomic E-state index is 12.6. The van der Waals surface area contributed by atoms with Crippen LogP contribution in [0.15, 0.2) is 18.2 Å². The van der Waals surface area contributed by atoms with Crippen LogP contribution in [0.2, 0.25) is 5.02 Å². The third kappa shape index (κ3) is 2.42. The zero-order valence-corrected chi connectivity index (χ0v) is 9.95. The molecule has 0 aliphatic carbocycles. The van der Waals surface area contributed by atoms with E-state index < -0.39 is 12.8 Å². The fourth-order valence-corrected chi connectivity index (χ4v) is 2.18. The van der Waals surface area contributed by atoms with Crippen LogP contribution in [0.5, 0.6) is 0 Å². The molecule has 1 fully saturated rings. The minimum atomic E-state index is -1.21. The van der Waals surface area contributed by atoms with E-state index in [9.17, 15) is 14.3 Å². The van der Waals surface area contributed by atoms with Crippen molar-refractivity contribution in [3.63, 3.8) is 0 Å². The number of aliphatic hydroxyl groups is 1. The molecule has 0 unspecified atom stereocenters. The normalized spacial score (nSPS) is 17.6. The second-order valence-corrected chi connectivity index (χ2v) is 4.46. The van der Waals surface area contributed by atoms with E-state index in [2.05, 4.69) is 0 Å². The van der Waals surface area contributed by atoms with Crippen molar-refractivity contribution in [1.82, 2.24) is 0 Å². The van der Waals surface area contributed by atoms with E-state index in [0.29, 0.717) is 29.2 Å². The van der Waals surface area contributed by atoms with Gasteiger partial charge >= 0.3 is 0 Å². The monoisotopic (exact) mass is 257 g/mol. The van der Waals surface area contributed by atoms with E-state index in [1.165, 1.54) is 0 Å². The van der Waals surface area contributed by atoms with Gasteiger partial charge in [0, 0.05) is 23.6 Å². The molecule has 5 heteroatoms. The molecule has 2 rings (SSSR count). The molecule has 1 heterocycles. The number of hydrogen-bond donors (Lipinski definition) is 1. The number of anilines is 1. The molecule has 3 nitrogen and oxygen atoms in total. The Morgan fingerprint density at radius 1 is 1.53 bits per heavy atom. The first-order valence-corrected chi connectivity index (χ1v) is 5.85. The van der Waals surface area contributed by atoms with E-state index in [4.69, 9.17) is 11.6 Å². The van der Waals surface area contributed by atoms with Gasteiger partial charge in [-0.25, -0.2) is 4.39 Å². The smallest absolute Gasteiger partial charge is 0.227 e. The van der Waals surface area contributed by atoms with Crippen LogP contribution in [0.25, 0.3) is 0 Å². The summed E-state index contributed by atoms with van der Waals surface area (Å²) in [5.74, 6) is -0.0143. The largest absolute Gasteiger partial charge is 0.386 e. The van der Waals surface area contributed by atoms with Crippen molar-refractivity contribution >= 4 is 23.2 Å². The second kappa shape index (κ2) is 5.02. The zero-order valence-electron chi connectivity index (χ0n) is 9.20. The summed E-state index contributed by atoms with van der Waals surface area (Å²) >= 11 is 5.88. The first kappa shape index (κ1) is 12.3. The molecular weight excluding hydrogens is 245 g/mol. The number of halogens is 2. The number of carbonyl (C=O) groups excluding carboxylic acids is 1. The van der Waals surface area contributed by atoms with Crippen molar-refractivity contribution in [3.8, 4) is 0 Å². The average Bonchev–Trinajstić information content (AvgIpc) is 2.74. The highest BCUT2D eigenvalue weighted by Gasteiger charge is 2.26. The van der Waals surface area contributed by atoms with Crippen LogP contribution in [0, 0.1) is 0 Å². The van der Waals surface area contributed by atoms with Gasteiger partial charge in [-0.15, -0.1) is 0 Å². The molecule has 1 aromatic rings. The fourth-order valence-electron chi connectivity index (χ4n) is 2.02. The molecule has 1 aromatic carbocycles. The molecule has 0 aromatic heterocycles. The van der Waals surface area contributed by atoms with Crippen LogP contribution in [0.3, 0.4) is 0 Å². The number of nitrogens with zero attached hydrogens (tertiary/aromatic N) is 1. The SMILES string of the molecule is O=C1CCCN1c1cc(Cl)ccc1[C@@H](O)CF. The minimum Gasteiger partial charge on any atom is -0.386 e. The zero-order chi connectivity index (χ0) is 12.4. The average molecular weight is 258 g/mol. The summed E-state index contributed by atoms with van der Waals surface area (Å²) in [6.07, 6.45) is 0.0458. The van der Waals surface area contributed by atoms with Crippen molar-refractivity contribution < 1.29 is 14.3 Å². The Kier molecular flexibility index (Phi) is 3.64. The molecule has 17 heavy (non-hydrogen) atoms. The van der Waals surface area contributed by atoms with Crippen molar-refractivity contribution in [2.24, 2.45) is 0 Å². The van der Waals surface area contributed by atoms with Crippen LogP contribution in [0.4, 0.5) is 10.1 Å². The highest BCUT2D eigenvalue weighted by molar-refractivity contribution is 6.31. The van der Waals surface area contributed by atoms with Gasteiger partial charge in [0.05, 0.1) is 5.69 Å². The fraction of sp³-hybridized carbons (Fsp3) is 0.417. The summed E-state index contributed by atoms with van der Waals surface area (Å²) in [7, 11) is 0. The number of rotatable bonds is 3. The Labute approximate surface area is 104 Å². The Morgan fingerprint density at radius 3 is 2.88 bits per heavy atom. The Balaban J connectivity index is 2.42. The number of hydrogen-bond acceptors (Lipinski definition) is 2.